The van der Waals surface area contributed by atoms with E-state index in [0.29, 0.717) is 31.4 Å². The van der Waals surface area contributed by atoms with Crippen molar-refractivity contribution in [3.05, 3.63) is 34.9 Å². The highest BCUT2D eigenvalue weighted by Crippen LogP contribution is 2.22. The summed E-state index contributed by atoms with van der Waals surface area (Å²) < 4.78 is 17.9. The van der Waals surface area contributed by atoms with Gasteiger partial charge in [0.05, 0.1) is 5.54 Å². The molecule has 0 fully saturated rings. The molecule has 0 atom stereocenters. The molecule has 0 saturated heterocycles. The lowest BCUT2D eigenvalue weighted by molar-refractivity contribution is 0.0714. The van der Waals surface area contributed by atoms with Gasteiger partial charge in [0, 0.05) is 37.6 Å². The lowest BCUT2D eigenvalue weighted by Gasteiger charge is -2.28. The number of aryl methyl sites for hydroxylation is 1. The van der Waals surface area contributed by atoms with E-state index in [1.54, 1.807) is 6.92 Å². The molecule has 0 radical (unpaired) electrons. The van der Waals surface area contributed by atoms with Crippen LogP contribution in [0.25, 0.3) is 0 Å². The molecule has 0 aliphatic carbocycles. The van der Waals surface area contributed by atoms with Gasteiger partial charge in [0.15, 0.2) is 5.78 Å². The SMILES string of the molecule is CCO[Si](CCc1ccc(C(C)=O)cc1C=NC(C)(C)C)(OCC)OCC. The molecule has 1 aromatic rings. The molecule has 0 aliphatic heterocycles. The Kier molecular flexibility index (Phi) is 9.53. The van der Waals surface area contributed by atoms with Crippen molar-refractivity contribution in [3.8, 4) is 0 Å². The van der Waals surface area contributed by atoms with Crippen molar-refractivity contribution in [2.24, 2.45) is 4.99 Å². The number of ketones is 1. The number of Topliss-reactive ketones (excluding diaryl/α,β-unsaturated/α-hetero) is 1. The lowest BCUT2D eigenvalue weighted by Crippen LogP contribution is -2.46. The van der Waals surface area contributed by atoms with Gasteiger partial charge in [-0.15, -0.1) is 0 Å². The predicted octanol–water partition coefficient (Wildman–Crippen LogP) is 4.70. The first-order chi connectivity index (χ1) is 12.7. The third kappa shape index (κ3) is 8.05. The van der Waals surface area contributed by atoms with Crippen LogP contribution in [0, 0.1) is 0 Å². The van der Waals surface area contributed by atoms with Crippen LogP contribution >= 0.6 is 0 Å². The van der Waals surface area contributed by atoms with E-state index < -0.39 is 8.80 Å². The van der Waals surface area contributed by atoms with Gasteiger partial charge in [-0.25, -0.2) is 0 Å². The zero-order chi connectivity index (χ0) is 20.5. The van der Waals surface area contributed by atoms with Crippen molar-refractivity contribution in [1.29, 1.82) is 0 Å². The summed E-state index contributed by atoms with van der Waals surface area (Å²) in [4.78, 5) is 16.4. The average Bonchev–Trinajstić information content (AvgIpc) is 2.58. The molecule has 1 rings (SSSR count). The van der Waals surface area contributed by atoms with E-state index >= 15 is 0 Å². The molecule has 0 aliphatic rings. The second-order valence-corrected chi connectivity index (χ2v) is 10.1. The van der Waals surface area contributed by atoms with Crippen LogP contribution in [-0.4, -0.2) is 46.2 Å². The Hall–Kier alpha value is -1.34. The normalized spacial score (nSPS) is 12.7. The molecule has 0 N–H and O–H groups in total. The Bertz CT molecular complexity index is 621. The van der Waals surface area contributed by atoms with Crippen LogP contribution in [-0.2, 0) is 19.7 Å². The van der Waals surface area contributed by atoms with Crippen molar-refractivity contribution < 1.29 is 18.1 Å². The van der Waals surface area contributed by atoms with Gasteiger partial charge in [-0.1, -0.05) is 12.1 Å². The maximum atomic E-state index is 11.8. The van der Waals surface area contributed by atoms with E-state index in [9.17, 15) is 4.79 Å². The Balaban J connectivity index is 3.15. The van der Waals surface area contributed by atoms with Gasteiger partial charge in [-0.3, -0.25) is 9.79 Å². The fourth-order valence-corrected chi connectivity index (χ4v) is 5.29. The van der Waals surface area contributed by atoms with Crippen LogP contribution in [0.5, 0.6) is 0 Å². The molecule has 6 heteroatoms. The third-order valence-corrected chi connectivity index (χ3v) is 6.98. The molecule has 152 valence electrons. The summed E-state index contributed by atoms with van der Waals surface area (Å²) in [6, 6.07) is 6.48. The lowest BCUT2D eigenvalue weighted by atomic mass is 10.0. The van der Waals surface area contributed by atoms with Crippen LogP contribution in [0.1, 0.15) is 70.0 Å². The van der Waals surface area contributed by atoms with E-state index in [0.717, 1.165) is 17.5 Å². The molecular weight excluding hydrogens is 358 g/mol. The van der Waals surface area contributed by atoms with Gasteiger partial charge in [0.2, 0.25) is 0 Å². The Labute approximate surface area is 165 Å². The van der Waals surface area contributed by atoms with Gasteiger partial charge in [-0.2, -0.15) is 0 Å². The van der Waals surface area contributed by atoms with Gasteiger partial charge in [0.25, 0.3) is 0 Å². The van der Waals surface area contributed by atoms with Crippen molar-refractivity contribution in [2.75, 3.05) is 19.8 Å². The molecule has 0 aromatic heterocycles. The summed E-state index contributed by atoms with van der Waals surface area (Å²) in [6.45, 7) is 15.3. The maximum Gasteiger partial charge on any atom is 0.501 e. The molecule has 0 unspecified atom stereocenters. The van der Waals surface area contributed by atoms with Gasteiger partial charge in [0.1, 0.15) is 0 Å². The molecule has 0 spiro atoms. The molecular formula is C21H35NO4Si. The number of benzene rings is 1. The number of aliphatic imine (C=N–C) groups is 1. The first-order valence-corrected chi connectivity index (χ1v) is 11.7. The number of carbonyl (C=O) groups excluding carboxylic acids is 1. The van der Waals surface area contributed by atoms with E-state index in [2.05, 4.69) is 25.8 Å². The zero-order valence-corrected chi connectivity index (χ0v) is 18.9. The summed E-state index contributed by atoms with van der Waals surface area (Å²) in [5.74, 6) is 0.0497. The molecule has 0 saturated carbocycles. The Morgan fingerprint density at radius 1 is 1.07 bits per heavy atom. The first-order valence-electron chi connectivity index (χ1n) is 9.77. The molecule has 5 nitrogen and oxygen atoms in total. The second kappa shape index (κ2) is 10.9. The van der Waals surface area contributed by atoms with Crippen LogP contribution in [0.3, 0.4) is 0 Å². The van der Waals surface area contributed by atoms with E-state index in [4.69, 9.17) is 13.3 Å². The monoisotopic (exact) mass is 393 g/mol. The fraction of sp³-hybridized carbons (Fsp3) is 0.619. The van der Waals surface area contributed by atoms with Crippen molar-refractivity contribution in [3.63, 3.8) is 0 Å². The molecule has 1 aromatic carbocycles. The summed E-state index contributed by atoms with van der Waals surface area (Å²) in [7, 11) is -2.71. The minimum absolute atomic E-state index is 0.0497. The van der Waals surface area contributed by atoms with Crippen LogP contribution in [0.15, 0.2) is 23.2 Å². The Morgan fingerprint density at radius 2 is 1.63 bits per heavy atom. The van der Waals surface area contributed by atoms with E-state index in [-0.39, 0.29) is 11.3 Å². The summed E-state index contributed by atoms with van der Waals surface area (Å²) in [5.41, 5.74) is 2.59. The molecule has 0 bridgehead atoms. The smallest absolute Gasteiger partial charge is 0.374 e. The Morgan fingerprint density at radius 3 is 2.07 bits per heavy atom. The van der Waals surface area contributed by atoms with E-state index in [1.807, 2.05) is 45.2 Å². The van der Waals surface area contributed by atoms with Gasteiger partial charge in [-0.05, 0) is 72.1 Å². The average molecular weight is 394 g/mol. The minimum atomic E-state index is -2.71. The fourth-order valence-electron chi connectivity index (χ4n) is 2.71. The predicted molar refractivity (Wildman–Crippen MR) is 113 cm³/mol. The minimum Gasteiger partial charge on any atom is -0.374 e. The van der Waals surface area contributed by atoms with Gasteiger partial charge >= 0.3 is 8.80 Å². The standard InChI is InChI=1S/C21H35NO4Si/c1-8-24-27(25-9-2,26-10-3)14-13-18-11-12-19(17(4)23)15-20(18)16-22-21(5,6)7/h11-12,15-16H,8-10,13-14H2,1-7H3. The number of rotatable bonds is 11. The molecule has 0 heterocycles. The van der Waals surface area contributed by atoms with Crippen molar-refractivity contribution >= 4 is 20.8 Å². The van der Waals surface area contributed by atoms with E-state index in [1.165, 1.54) is 0 Å². The third-order valence-electron chi connectivity index (χ3n) is 3.94. The number of carbonyl (C=O) groups is 1. The van der Waals surface area contributed by atoms with Gasteiger partial charge < -0.3 is 13.3 Å². The van der Waals surface area contributed by atoms with Crippen LogP contribution < -0.4 is 0 Å². The van der Waals surface area contributed by atoms with Crippen molar-refractivity contribution in [2.45, 2.75) is 66.5 Å². The number of hydrogen-bond donors (Lipinski definition) is 0. The molecule has 27 heavy (non-hydrogen) atoms. The summed E-state index contributed by atoms with van der Waals surface area (Å²) >= 11 is 0. The second-order valence-electron chi connectivity index (χ2n) is 7.38. The van der Waals surface area contributed by atoms with Crippen LogP contribution in [0.4, 0.5) is 0 Å². The summed E-state index contributed by atoms with van der Waals surface area (Å²) in [5, 5.41) is 0. The first kappa shape index (κ1) is 23.7. The quantitative estimate of drug-likeness (QED) is 0.311. The van der Waals surface area contributed by atoms with Crippen molar-refractivity contribution in [1.82, 2.24) is 0 Å². The molecule has 0 amide bonds. The number of hydrogen-bond acceptors (Lipinski definition) is 5. The highest BCUT2D eigenvalue weighted by molar-refractivity contribution is 6.60. The zero-order valence-electron chi connectivity index (χ0n) is 17.9. The topological polar surface area (TPSA) is 57.1 Å². The number of nitrogens with zero attached hydrogens (tertiary/aromatic N) is 1. The summed E-state index contributed by atoms with van der Waals surface area (Å²) in [6.07, 6.45) is 2.61. The largest absolute Gasteiger partial charge is 0.501 e. The highest BCUT2D eigenvalue weighted by Gasteiger charge is 2.40. The maximum absolute atomic E-state index is 11.8. The highest BCUT2D eigenvalue weighted by atomic mass is 28.4. The van der Waals surface area contributed by atoms with Crippen LogP contribution in [0.2, 0.25) is 6.04 Å².